The maximum absolute atomic E-state index is 11.7. The van der Waals surface area contributed by atoms with Crippen LogP contribution in [0.3, 0.4) is 0 Å². The van der Waals surface area contributed by atoms with Crippen LogP contribution in [0.4, 0.5) is 0 Å². The van der Waals surface area contributed by atoms with Gasteiger partial charge in [0, 0.05) is 19.0 Å². The van der Waals surface area contributed by atoms with E-state index in [0.29, 0.717) is 10.6 Å². The van der Waals surface area contributed by atoms with Gasteiger partial charge in [-0.25, -0.2) is 0 Å². The number of hydrogen-bond acceptors (Lipinski definition) is 2. The molecule has 0 aliphatic rings. The average molecular weight is 230 g/mol. The van der Waals surface area contributed by atoms with Gasteiger partial charge < -0.3 is 4.90 Å². The van der Waals surface area contributed by atoms with E-state index in [1.807, 2.05) is 18.4 Å². The van der Waals surface area contributed by atoms with Crippen molar-refractivity contribution >= 4 is 29.3 Å². The number of rotatable bonds is 2. The Bertz CT molecular complexity index is 352. The van der Waals surface area contributed by atoms with Gasteiger partial charge in [0.2, 0.25) is 0 Å². The highest BCUT2D eigenvalue weighted by Crippen LogP contribution is 2.23. The molecular formula is C10H12ClNOS. The molecule has 2 nitrogen and oxygen atoms in total. The van der Waals surface area contributed by atoms with Crippen molar-refractivity contribution in [1.29, 1.82) is 0 Å². The fraction of sp³-hybridized carbons (Fsp3) is 0.300. The Hall–Kier alpha value is -0.670. The summed E-state index contributed by atoms with van der Waals surface area (Å²) < 4.78 is 0. The second-order valence-corrected chi connectivity index (χ2v) is 4.33. The molecule has 1 amide bonds. The monoisotopic (exact) mass is 229 g/mol. The molecule has 4 heteroatoms. The second-order valence-electron chi connectivity index (χ2n) is 3.05. The Morgan fingerprint density at radius 1 is 1.43 bits per heavy atom. The molecule has 0 radical (unpaired) electrons. The Morgan fingerprint density at radius 3 is 2.57 bits per heavy atom. The molecule has 1 aromatic carbocycles. The number of nitrogens with zero attached hydrogens (tertiary/aromatic N) is 1. The van der Waals surface area contributed by atoms with Crippen LogP contribution in [-0.2, 0) is 0 Å². The molecule has 0 heterocycles. The van der Waals surface area contributed by atoms with Gasteiger partial charge in [-0.15, -0.1) is 11.8 Å². The Labute approximate surface area is 93.2 Å². The predicted molar refractivity (Wildman–Crippen MR) is 61.3 cm³/mol. The lowest BCUT2D eigenvalue weighted by Gasteiger charge is -2.12. The maximum atomic E-state index is 11.7. The third-order valence-corrected chi connectivity index (χ3v) is 2.87. The second kappa shape index (κ2) is 4.71. The maximum Gasteiger partial charge on any atom is 0.254 e. The molecule has 76 valence electrons. The zero-order chi connectivity index (χ0) is 10.7. The summed E-state index contributed by atoms with van der Waals surface area (Å²) in [5, 5.41) is 0.501. The lowest BCUT2D eigenvalue weighted by Crippen LogP contribution is -2.22. The van der Waals surface area contributed by atoms with E-state index in [1.54, 1.807) is 31.9 Å². The zero-order valence-corrected chi connectivity index (χ0v) is 9.95. The SMILES string of the molecule is CSc1ccc(Cl)c(C(=O)N(C)C)c1. The fourth-order valence-electron chi connectivity index (χ4n) is 1.04. The summed E-state index contributed by atoms with van der Waals surface area (Å²) in [7, 11) is 3.43. The van der Waals surface area contributed by atoms with Gasteiger partial charge in [-0.3, -0.25) is 4.79 Å². The number of halogens is 1. The summed E-state index contributed by atoms with van der Waals surface area (Å²) in [4.78, 5) is 14.2. The molecule has 0 atom stereocenters. The first-order chi connectivity index (χ1) is 6.56. The molecule has 0 N–H and O–H groups in total. The largest absolute Gasteiger partial charge is 0.345 e. The number of thioether (sulfide) groups is 1. The van der Waals surface area contributed by atoms with Crippen molar-refractivity contribution in [2.45, 2.75) is 4.90 Å². The summed E-state index contributed by atoms with van der Waals surface area (Å²) in [5.74, 6) is -0.0640. The van der Waals surface area contributed by atoms with Crippen molar-refractivity contribution in [3.05, 3.63) is 28.8 Å². The number of carbonyl (C=O) groups is 1. The molecule has 0 unspecified atom stereocenters. The smallest absolute Gasteiger partial charge is 0.254 e. The van der Waals surface area contributed by atoms with E-state index in [2.05, 4.69) is 0 Å². The number of amides is 1. The van der Waals surface area contributed by atoms with Crippen LogP contribution >= 0.6 is 23.4 Å². The third kappa shape index (κ3) is 2.42. The van der Waals surface area contributed by atoms with E-state index < -0.39 is 0 Å². The van der Waals surface area contributed by atoms with E-state index in [-0.39, 0.29) is 5.91 Å². The van der Waals surface area contributed by atoms with Crippen molar-refractivity contribution in [1.82, 2.24) is 4.90 Å². The highest BCUT2D eigenvalue weighted by Gasteiger charge is 2.12. The van der Waals surface area contributed by atoms with Gasteiger partial charge >= 0.3 is 0 Å². The van der Waals surface area contributed by atoms with E-state index in [0.717, 1.165) is 4.90 Å². The molecule has 0 spiro atoms. The van der Waals surface area contributed by atoms with Crippen LogP contribution in [0.1, 0.15) is 10.4 Å². The molecule has 1 rings (SSSR count). The Balaban J connectivity index is 3.12. The first-order valence-corrected chi connectivity index (χ1v) is 5.71. The van der Waals surface area contributed by atoms with Gasteiger partial charge in [-0.05, 0) is 24.5 Å². The number of benzene rings is 1. The van der Waals surface area contributed by atoms with Gasteiger partial charge in [-0.1, -0.05) is 11.6 Å². The highest BCUT2D eigenvalue weighted by atomic mass is 35.5. The molecule has 0 bridgehead atoms. The minimum atomic E-state index is -0.0640. The molecule has 0 fully saturated rings. The van der Waals surface area contributed by atoms with E-state index >= 15 is 0 Å². The van der Waals surface area contributed by atoms with Crippen LogP contribution in [0.25, 0.3) is 0 Å². The lowest BCUT2D eigenvalue weighted by atomic mass is 10.2. The lowest BCUT2D eigenvalue weighted by molar-refractivity contribution is 0.0827. The number of carbonyl (C=O) groups excluding carboxylic acids is 1. The van der Waals surface area contributed by atoms with E-state index in [4.69, 9.17) is 11.6 Å². The quantitative estimate of drug-likeness (QED) is 0.727. The summed E-state index contributed by atoms with van der Waals surface area (Å²) in [6.45, 7) is 0. The summed E-state index contributed by atoms with van der Waals surface area (Å²) in [5.41, 5.74) is 0.559. The van der Waals surface area contributed by atoms with E-state index in [1.165, 1.54) is 4.90 Å². The van der Waals surface area contributed by atoms with Gasteiger partial charge in [-0.2, -0.15) is 0 Å². The minimum absolute atomic E-state index is 0.0640. The zero-order valence-electron chi connectivity index (χ0n) is 8.37. The van der Waals surface area contributed by atoms with Crippen LogP contribution < -0.4 is 0 Å². The molecule has 0 saturated carbocycles. The van der Waals surface area contributed by atoms with Crippen molar-refractivity contribution in [3.63, 3.8) is 0 Å². The highest BCUT2D eigenvalue weighted by molar-refractivity contribution is 7.98. The van der Waals surface area contributed by atoms with Crippen LogP contribution in [0.2, 0.25) is 5.02 Å². The Morgan fingerprint density at radius 2 is 2.07 bits per heavy atom. The first kappa shape index (κ1) is 11.4. The van der Waals surface area contributed by atoms with Crippen LogP contribution in [0.5, 0.6) is 0 Å². The molecule has 14 heavy (non-hydrogen) atoms. The molecule has 1 aromatic rings. The summed E-state index contributed by atoms with van der Waals surface area (Å²) in [6, 6.07) is 5.47. The van der Waals surface area contributed by atoms with Crippen molar-refractivity contribution in [3.8, 4) is 0 Å². The summed E-state index contributed by atoms with van der Waals surface area (Å²) in [6.07, 6.45) is 1.97. The summed E-state index contributed by atoms with van der Waals surface area (Å²) >= 11 is 7.53. The topological polar surface area (TPSA) is 20.3 Å². The standard InChI is InChI=1S/C10H12ClNOS/c1-12(2)10(13)8-6-7(14-3)4-5-9(8)11/h4-6H,1-3H3. The van der Waals surface area contributed by atoms with Crippen molar-refractivity contribution in [2.75, 3.05) is 20.4 Å². The molecule has 0 aromatic heterocycles. The predicted octanol–water partition coefficient (Wildman–Crippen LogP) is 2.76. The van der Waals surface area contributed by atoms with Gasteiger partial charge in [0.25, 0.3) is 5.91 Å². The van der Waals surface area contributed by atoms with Crippen LogP contribution in [-0.4, -0.2) is 31.2 Å². The fourth-order valence-corrected chi connectivity index (χ4v) is 1.67. The first-order valence-electron chi connectivity index (χ1n) is 4.11. The normalized spacial score (nSPS) is 10.0. The molecule has 0 saturated heterocycles. The van der Waals surface area contributed by atoms with Crippen molar-refractivity contribution < 1.29 is 4.79 Å². The van der Waals surface area contributed by atoms with Gasteiger partial charge in [0.15, 0.2) is 0 Å². The van der Waals surface area contributed by atoms with Gasteiger partial charge in [0.05, 0.1) is 10.6 Å². The van der Waals surface area contributed by atoms with E-state index in [9.17, 15) is 4.79 Å². The molecular weight excluding hydrogens is 218 g/mol. The minimum Gasteiger partial charge on any atom is -0.345 e. The van der Waals surface area contributed by atoms with Crippen molar-refractivity contribution in [2.24, 2.45) is 0 Å². The molecule has 0 aliphatic heterocycles. The Kier molecular flexibility index (Phi) is 3.84. The van der Waals surface area contributed by atoms with Gasteiger partial charge in [0.1, 0.15) is 0 Å². The van der Waals surface area contributed by atoms with Crippen LogP contribution in [0.15, 0.2) is 23.1 Å². The molecule has 0 aliphatic carbocycles. The third-order valence-electron chi connectivity index (χ3n) is 1.81. The van der Waals surface area contributed by atoms with Crippen LogP contribution in [0, 0.1) is 0 Å². The number of hydrogen-bond donors (Lipinski definition) is 0. The average Bonchev–Trinajstić information content (AvgIpc) is 2.17.